The lowest BCUT2D eigenvalue weighted by atomic mass is 10.1. The van der Waals surface area contributed by atoms with Crippen LogP contribution < -0.4 is 0 Å². The first-order valence-corrected chi connectivity index (χ1v) is 10.8. The van der Waals surface area contributed by atoms with Gasteiger partial charge in [0.1, 0.15) is 0 Å². The van der Waals surface area contributed by atoms with E-state index in [0.29, 0.717) is 19.7 Å². The molecule has 0 aromatic carbocycles. The van der Waals surface area contributed by atoms with Crippen molar-refractivity contribution in [1.82, 2.24) is 8.61 Å². The summed E-state index contributed by atoms with van der Waals surface area (Å²) in [6.45, 7) is 3.94. The number of rotatable bonds is 8. The molecule has 1 atom stereocenters. The van der Waals surface area contributed by atoms with Crippen LogP contribution in [0.25, 0.3) is 0 Å². The van der Waals surface area contributed by atoms with Gasteiger partial charge in [0.2, 0.25) is 0 Å². The lowest BCUT2D eigenvalue weighted by Gasteiger charge is -2.35. The van der Waals surface area contributed by atoms with Gasteiger partial charge in [0.15, 0.2) is 0 Å². The van der Waals surface area contributed by atoms with Gasteiger partial charge in [-0.1, -0.05) is 39.0 Å². The molecule has 0 N–H and O–H groups in total. The zero-order valence-electron chi connectivity index (χ0n) is 14.9. The van der Waals surface area contributed by atoms with Crippen molar-refractivity contribution in [3.05, 3.63) is 0 Å². The molecule has 0 radical (unpaired) electrons. The van der Waals surface area contributed by atoms with Crippen LogP contribution in [-0.2, 0) is 14.9 Å². The second-order valence-electron chi connectivity index (χ2n) is 6.98. The molecular weight excluding hydrogens is 312 g/mol. The molecule has 2 fully saturated rings. The Bertz CT molecular complexity index is 433. The molecule has 1 saturated heterocycles. The minimum Gasteiger partial charge on any atom is -0.383 e. The summed E-state index contributed by atoms with van der Waals surface area (Å²) in [4.78, 5) is 0. The fraction of sp³-hybridized carbons (Fsp3) is 1.00. The van der Waals surface area contributed by atoms with Crippen molar-refractivity contribution in [3.63, 3.8) is 0 Å². The summed E-state index contributed by atoms with van der Waals surface area (Å²) < 4.78 is 35.5. The lowest BCUT2D eigenvalue weighted by Crippen LogP contribution is -2.51. The molecule has 0 amide bonds. The summed E-state index contributed by atoms with van der Waals surface area (Å²) in [5, 5.41) is 0. The third-order valence-corrected chi connectivity index (χ3v) is 7.39. The van der Waals surface area contributed by atoms with Crippen LogP contribution in [0.3, 0.4) is 0 Å². The van der Waals surface area contributed by atoms with Gasteiger partial charge in [-0.2, -0.15) is 17.0 Å². The average Bonchev–Trinajstić information content (AvgIpc) is 2.84. The summed E-state index contributed by atoms with van der Waals surface area (Å²) >= 11 is 0. The van der Waals surface area contributed by atoms with E-state index in [0.717, 1.165) is 51.4 Å². The number of hydrogen-bond donors (Lipinski definition) is 0. The highest BCUT2D eigenvalue weighted by molar-refractivity contribution is 7.86. The van der Waals surface area contributed by atoms with E-state index in [4.69, 9.17) is 4.74 Å². The summed E-state index contributed by atoms with van der Waals surface area (Å²) in [6, 6.07) is 0.206. The molecule has 2 aliphatic rings. The normalized spacial score (nSPS) is 25.1. The van der Waals surface area contributed by atoms with Crippen LogP contribution in [0.5, 0.6) is 0 Å². The number of unbranched alkanes of at least 4 members (excludes halogenated alkanes) is 1. The minimum absolute atomic E-state index is 0.0138. The van der Waals surface area contributed by atoms with Crippen LogP contribution in [-0.4, -0.2) is 55.9 Å². The Hall–Kier alpha value is -0.170. The van der Waals surface area contributed by atoms with Gasteiger partial charge in [-0.05, 0) is 32.1 Å². The Labute approximate surface area is 142 Å². The summed E-state index contributed by atoms with van der Waals surface area (Å²) in [5.41, 5.74) is 0. The molecule has 23 heavy (non-hydrogen) atoms. The molecule has 1 aliphatic heterocycles. The largest absolute Gasteiger partial charge is 0.383 e. The Morgan fingerprint density at radius 3 is 2.39 bits per heavy atom. The van der Waals surface area contributed by atoms with Crippen LogP contribution in [0.4, 0.5) is 0 Å². The van der Waals surface area contributed by atoms with Crippen LogP contribution in [0.2, 0.25) is 0 Å². The van der Waals surface area contributed by atoms with Crippen LogP contribution >= 0.6 is 0 Å². The molecule has 0 aromatic heterocycles. The minimum atomic E-state index is -3.37. The van der Waals surface area contributed by atoms with Crippen molar-refractivity contribution < 1.29 is 13.2 Å². The molecule has 0 bridgehead atoms. The molecule has 136 valence electrons. The Balaban J connectivity index is 2.17. The maximum absolute atomic E-state index is 13.3. The van der Waals surface area contributed by atoms with E-state index in [1.54, 1.807) is 11.4 Å². The molecule has 1 saturated carbocycles. The zero-order chi connectivity index (χ0) is 16.7. The lowest BCUT2D eigenvalue weighted by molar-refractivity contribution is 0.143. The molecule has 0 spiro atoms. The van der Waals surface area contributed by atoms with Crippen molar-refractivity contribution >= 4 is 10.2 Å². The van der Waals surface area contributed by atoms with E-state index >= 15 is 0 Å². The predicted molar refractivity (Wildman–Crippen MR) is 93.6 cm³/mol. The van der Waals surface area contributed by atoms with Gasteiger partial charge in [0, 0.05) is 32.3 Å². The standard InChI is InChI=1S/C17H34N2O3S/c1-3-4-13-18(16-10-7-5-6-8-11-16)23(20,21)19-14-9-12-17(19)15-22-2/h16-17H,3-15H2,1-2H3/t17-/m1/s1. The van der Waals surface area contributed by atoms with Gasteiger partial charge in [-0.3, -0.25) is 0 Å². The maximum Gasteiger partial charge on any atom is 0.282 e. The molecular formula is C17H34N2O3S. The van der Waals surface area contributed by atoms with Crippen LogP contribution in [0.15, 0.2) is 0 Å². The van der Waals surface area contributed by atoms with Crippen molar-refractivity contribution in [2.45, 2.75) is 83.2 Å². The topological polar surface area (TPSA) is 49.9 Å². The summed E-state index contributed by atoms with van der Waals surface area (Å²) in [7, 11) is -1.72. The molecule has 1 heterocycles. The smallest absolute Gasteiger partial charge is 0.282 e. The Morgan fingerprint density at radius 1 is 1.09 bits per heavy atom. The van der Waals surface area contributed by atoms with Gasteiger partial charge in [-0.25, -0.2) is 0 Å². The first kappa shape index (κ1) is 19.2. The van der Waals surface area contributed by atoms with Crippen molar-refractivity contribution in [2.75, 3.05) is 26.8 Å². The van der Waals surface area contributed by atoms with Crippen LogP contribution in [0, 0.1) is 0 Å². The van der Waals surface area contributed by atoms with E-state index in [-0.39, 0.29) is 12.1 Å². The summed E-state index contributed by atoms with van der Waals surface area (Å²) in [5.74, 6) is 0. The van der Waals surface area contributed by atoms with E-state index in [9.17, 15) is 8.42 Å². The Morgan fingerprint density at radius 2 is 1.78 bits per heavy atom. The number of ether oxygens (including phenoxy) is 1. The quantitative estimate of drug-likeness (QED) is 0.634. The second-order valence-corrected chi connectivity index (χ2v) is 8.81. The highest BCUT2D eigenvalue weighted by atomic mass is 32.2. The highest BCUT2D eigenvalue weighted by Crippen LogP contribution is 2.29. The molecule has 2 rings (SSSR count). The van der Waals surface area contributed by atoms with Crippen molar-refractivity contribution in [3.8, 4) is 0 Å². The van der Waals surface area contributed by atoms with Gasteiger partial charge in [-0.15, -0.1) is 0 Å². The third-order valence-electron chi connectivity index (χ3n) is 5.24. The molecule has 5 nitrogen and oxygen atoms in total. The van der Waals surface area contributed by atoms with Gasteiger partial charge in [0.25, 0.3) is 10.2 Å². The number of hydrogen-bond acceptors (Lipinski definition) is 3. The fourth-order valence-corrected chi connectivity index (χ4v) is 6.07. The van der Waals surface area contributed by atoms with Crippen LogP contribution in [0.1, 0.15) is 71.1 Å². The number of methoxy groups -OCH3 is 1. The molecule has 0 unspecified atom stereocenters. The van der Waals surface area contributed by atoms with Crippen molar-refractivity contribution in [1.29, 1.82) is 0 Å². The SMILES string of the molecule is CCCCN(C1CCCCCC1)S(=O)(=O)N1CCC[C@@H]1COC. The van der Waals surface area contributed by atoms with Gasteiger partial charge < -0.3 is 4.74 Å². The zero-order valence-corrected chi connectivity index (χ0v) is 15.7. The van der Waals surface area contributed by atoms with E-state index in [1.807, 2.05) is 4.31 Å². The van der Waals surface area contributed by atoms with E-state index < -0.39 is 10.2 Å². The molecule has 6 heteroatoms. The van der Waals surface area contributed by atoms with Crippen molar-refractivity contribution in [2.24, 2.45) is 0 Å². The second kappa shape index (κ2) is 9.35. The van der Waals surface area contributed by atoms with Gasteiger partial charge in [0.05, 0.1) is 6.61 Å². The molecule has 0 aromatic rings. The van der Waals surface area contributed by atoms with Gasteiger partial charge >= 0.3 is 0 Å². The fourth-order valence-electron chi connectivity index (χ4n) is 3.95. The first-order valence-electron chi connectivity index (χ1n) is 9.38. The van der Waals surface area contributed by atoms with E-state index in [1.165, 1.54) is 12.8 Å². The average molecular weight is 347 g/mol. The first-order chi connectivity index (χ1) is 11.1. The predicted octanol–water partition coefficient (Wildman–Crippen LogP) is 3.17. The molecule has 1 aliphatic carbocycles. The monoisotopic (exact) mass is 346 g/mol. The number of nitrogens with zero attached hydrogens (tertiary/aromatic N) is 2. The summed E-state index contributed by atoms with van der Waals surface area (Å²) in [6.07, 6.45) is 10.7. The third kappa shape index (κ3) is 4.91. The van der Waals surface area contributed by atoms with E-state index in [2.05, 4.69) is 6.92 Å². The maximum atomic E-state index is 13.3. The Kier molecular flexibility index (Phi) is 7.79. The highest BCUT2D eigenvalue weighted by Gasteiger charge is 2.40.